The fraction of sp³-hybridized carbons (Fsp3) is 0.571. The molecule has 1 fully saturated rings. The first-order chi connectivity index (χ1) is 9.50. The molecular weight excluding hydrogens is 258 g/mol. The van der Waals surface area contributed by atoms with Crippen molar-refractivity contribution in [2.45, 2.75) is 31.6 Å². The minimum absolute atomic E-state index is 0.0189. The normalized spacial score (nSPS) is 28.8. The Balaban J connectivity index is 2.05. The Morgan fingerprint density at radius 2 is 2.35 bits per heavy atom. The van der Waals surface area contributed by atoms with E-state index in [0.717, 1.165) is 6.54 Å². The number of hydrogen-bond donors (Lipinski definition) is 2. The van der Waals surface area contributed by atoms with Gasteiger partial charge in [0.25, 0.3) is 0 Å². The molecule has 6 heteroatoms. The lowest BCUT2D eigenvalue weighted by molar-refractivity contribution is -0.146. The van der Waals surface area contributed by atoms with Gasteiger partial charge in [-0.3, -0.25) is 9.78 Å². The number of nitrogens with zero attached hydrogens (tertiary/aromatic N) is 2. The highest BCUT2D eigenvalue weighted by Gasteiger charge is 2.47. The molecule has 0 unspecified atom stereocenters. The van der Waals surface area contributed by atoms with E-state index < -0.39 is 17.7 Å². The largest absolute Gasteiger partial charge is 0.483 e. The maximum Gasteiger partial charge on any atom is 0.237 e. The van der Waals surface area contributed by atoms with E-state index in [4.69, 9.17) is 4.74 Å². The van der Waals surface area contributed by atoms with Crippen molar-refractivity contribution in [2.75, 3.05) is 19.6 Å². The van der Waals surface area contributed by atoms with Crippen molar-refractivity contribution in [1.29, 1.82) is 0 Å². The number of carbonyl (C=O) groups excluding carboxylic acids is 1. The molecule has 2 N–H and O–H groups in total. The molecular formula is C14H19N3O3. The van der Waals surface area contributed by atoms with Crippen molar-refractivity contribution in [3.63, 3.8) is 0 Å². The zero-order valence-electron chi connectivity index (χ0n) is 11.7. The lowest BCUT2D eigenvalue weighted by Gasteiger charge is -2.46. The minimum Gasteiger partial charge on any atom is -0.483 e. The van der Waals surface area contributed by atoms with Crippen LogP contribution < -0.4 is 10.1 Å². The van der Waals surface area contributed by atoms with Gasteiger partial charge in [-0.2, -0.15) is 0 Å². The fourth-order valence-corrected chi connectivity index (χ4v) is 2.82. The number of aliphatic hydroxyl groups is 1. The first-order valence-corrected chi connectivity index (χ1v) is 6.83. The molecule has 0 radical (unpaired) electrons. The van der Waals surface area contributed by atoms with Crippen molar-refractivity contribution in [1.82, 2.24) is 15.2 Å². The van der Waals surface area contributed by atoms with Gasteiger partial charge in [0.2, 0.25) is 5.91 Å². The summed E-state index contributed by atoms with van der Waals surface area (Å²) in [4.78, 5) is 18.2. The van der Waals surface area contributed by atoms with E-state index in [-0.39, 0.29) is 5.91 Å². The topological polar surface area (TPSA) is 74.7 Å². The molecule has 0 aromatic carbocycles. The molecule has 0 spiro atoms. The van der Waals surface area contributed by atoms with Crippen LogP contribution in [0.2, 0.25) is 0 Å². The predicted octanol–water partition coefficient (Wildman–Crippen LogP) is 0.0864. The van der Waals surface area contributed by atoms with Gasteiger partial charge in [0.1, 0.15) is 29.2 Å². The first-order valence-electron chi connectivity index (χ1n) is 6.83. The number of pyridine rings is 1. The second-order valence-corrected chi connectivity index (χ2v) is 5.75. The Morgan fingerprint density at radius 3 is 3.10 bits per heavy atom. The van der Waals surface area contributed by atoms with E-state index in [1.54, 1.807) is 17.2 Å². The van der Waals surface area contributed by atoms with Crippen LogP contribution in [0.15, 0.2) is 18.3 Å². The third-order valence-electron chi connectivity index (χ3n) is 3.93. The van der Waals surface area contributed by atoms with E-state index in [2.05, 4.69) is 10.3 Å². The average Bonchev–Trinajstić information content (AvgIpc) is 2.41. The van der Waals surface area contributed by atoms with E-state index in [1.807, 2.05) is 19.9 Å². The number of carbonyl (C=O) groups is 1. The van der Waals surface area contributed by atoms with Crippen LogP contribution in [0.5, 0.6) is 5.75 Å². The van der Waals surface area contributed by atoms with Crippen molar-refractivity contribution in [3.8, 4) is 5.75 Å². The summed E-state index contributed by atoms with van der Waals surface area (Å²) in [6.45, 7) is 5.23. The van der Waals surface area contributed by atoms with Crippen LogP contribution >= 0.6 is 0 Å². The molecule has 108 valence electrons. The van der Waals surface area contributed by atoms with Crippen LogP contribution in [0.3, 0.4) is 0 Å². The predicted molar refractivity (Wildman–Crippen MR) is 72.3 cm³/mol. The number of amides is 1. The molecule has 3 heterocycles. The second-order valence-electron chi connectivity index (χ2n) is 5.75. The number of fused-ring (bicyclic) bond motifs is 1. The molecule has 1 saturated heterocycles. The van der Waals surface area contributed by atoms with Gasteiger partial charge in [-0.1, -0.05) is 0 Å². The zero-order valence-corrected chi connectivity index (χ0v) is 11.7. The lowest BCUT2D eigenvalue weighted by atomic mass is 9.87. The molecule has 2 aliphatic rings. The van der Waals surface area contributed by atoms with E-state index in [1.165, 1.54) is 0 Å². The number of nitrogens with one attached hydrogen (secondary N) is 1. The first kappa shape index (κ1) is 13.3. The molecule has 0 bridgehead atoms. The van der Waals surface area contributed by atoms with Gasteiger partial charge in [0, 0.05) is 19.3 Å². The summed E-state index contributed by atoms with van der Waals surface area (Å²) in [5.41, 5.74) is -0.124. The Morgan fingerprint density at radius 1 is 1.55 bits per heavy atom. The molecule has 1 amide bonds. The number of rotatable bonds is 1. The van der Waals surface area contributed by atoms with Crippen LogP contribution in [0.1, 0.15) is 25.6 Å². The van der Waals surface area contributed by atoms with Gasteiger partial charge in [0.15, 0.2) is 0 Å². The number of aromatic nitrogens is 1. The molecule has 2 aliphatic heterocycles. The molecule has 2 atom stereocenters. The summed E-state index contributed by atoms with van der Waals surface area (Å²) in [6.07, 6.45) is 0.847. The monoisotopic (exact) mass is 277 g/mol. The molecule has 3 rings (SSSR count). The molecule has 0 aliphatic carbocycles. The molecule has 6 nitrogen and oxygen atoms in total. The Hall–Kier alpha value is -1.66. The summed E-state index contributed by atoms with van der Waals surface area (Å²) in [7, 11) is 0. The molecule has 20 heavy (non-hydrogen) atoms. The Labute approximate surface area is 117 Å². The van der Waals surface area contributed by atoms with Crippen LogP contribution in [0.4, 0.5) is 0 Å². The van der Waals surface area contributed by atoms with Gasteiger partial charge in [0.05, 0.1) is 6.54 Å². The van der Waals surface area contributed by atoms with Gasteiger partial charge in [-0.25, -0.2) is 0 Å². The van der Waals surface area contributed by atoms with Gasteiger partial charge >= 0.3 is 0 Å². The summed E-state index contributed by atoms with van der Waals surface area (Å²) < 4.78 is 5.82. The van der Waals surface area contributed by atoms with Crippen LogP contribution in [0, 0.1) is 0 Å². The molecule has 1 aromatic rings. The SMILES string of the molecule is CC1(C)Oc2cccnc2[C@@H](N2CCNCC2=O)[C@@H]1O. The van der Waals surface area contributed by atoms with Crippen molar-refractivity contribution < 1.29 is 14.6 Å². The number of piperazine rings is 1. The maximum absolute atomic E-state index is 12.1. The quantitative estimate of drug-likeness (QED) is 0.761. The van der Waals surface area contributed by atoms with E-state index >= 15 is 0 Å². The van der Waals surface area contributed by atoms with Crippen LogP contribution in [0.25, 0.3) is 0 Å². The smallest absolute Gasteiger partial charge is 0.237 e. The highest BCUT2D eigenvalue weighted by atomic mass is 16.5. The summed E-state index contributed by atoms with van der Waals surface area (Å²) >= 11 is 0. The fourth-order valence-electron chi connectivity index (χ4n) is 2.82. The van der Waals surface area contributed by atoms with Crippen molar-refractivity contribution >= 4 is 5.91 Å². The zero-order chi connectivity index (χ0) is 14.3. The maximum atomic E-state index is 12.1. The van der Waals surface area contributed by atoms with Crippen LogP contribution in [-0.2, 0) is 4.79 Å². The molecule has 1 aromatic heterocycles. The minimum atomic E-state index is -0.813. The number of aliphatic hydroxyl groups excluding tert-OH is 1. The highest BCUT2D eigenvalue weighted by Crippen LogP contribution is 2.41. The second kappa shape index (κ2) is 4.71. The average molecular weight is 277 g/mol. The van der Waals surface area contributed by atoms with Gasteiger partial charge in [-0.15, -0.1) is 0 Å². The van der Waals surface area contributed by atoms with E-state index in [0.29, 0.717) is 24.5 Å². The number of hydrogen-bond acceptors (Lipinski definition) is 5. The number of ether oxygens (including phenoxy) is 1. The molecule has 0 saturated carbocycles. The highest BCUT2D eigenvalue weighted by molar-refractivity contribution is 5.79. The Kier molecular flexibility index (Phi) is 3.14. The van der Waals surface area contributed by atoms with Gasteiger partial charge in [-0.05, 0) is 26.0 Å². The van der Waals surface area contributed by atoms with Crippen LogP contribution in [-0.4, -0.2) is 52.2 Å². The summed E-state index contributed by atoms with van der Waals surface area (Å²) in [5.74, 6) is 0.619. The summed E-state index contributed by atoms with van der Waals surface area (Å²) in [6, 6.07) is 3.17. The van der Waals surface area contributed by atoms with E-state index in [9.17, 15) is 9.90 Å². The lowest BCUT2D eigenvalue weighted by Crippen LogP contribution is -2.58. The van der Waals surface area contributed by atoms with Crippen molar-refractivity contribution in [3.05, 3.63) is 24.0 Å². The van der Waals surface area contributed by atoms with Gasteiger partial charge < -0.3 is 20.1 Å². The Bertz CT molecular complexity index is 532. The third kappa shape index (κ3) is 2.05. The summed E-state index contributed by atoms with van der Waals surface area (Å²) in [5, 5.41) is 13.7. The van der Waals surface area contributed by atoms with Crippen molar-refractivity contribution in [2.24, 2.45) is 0 Å². The third-order valence-corrected chi connectivity index (χ3v) is 3.93. The standard InChI is InChI=1S/C14H19N3O3/c1-14(2)13(19)12(17-7-6-15-8-10(17)18)11-9(20-14)4-3-5-16-11/h3-5,12-13,15,19H,6-8H2,1-2H3/t12-,13+/m1/s1.